The van der Waals surface area contributed by atoms with E-state index in [0.717, 1.165) is 50.5 Å². The van der Waals surface area contributed by atoms with Crippen LogP contribution in [0.1, 0.15) is 57.9 Å². The molecular weight excluding hydrogens is 398 g/mol. The lowest BCUT2D eigenvalue weighted by molar-refractivity contribution is -0.140. The molecule has 1 aromatic rings. The number of benzene rings is 1. The standard InChI is InChI=1S/C27H39N3O2/c1-19(2)25(28-24(31)17-27-14-21-12-22(15-27)23(13-21)16-27)26(32)30-10-8-29(9-11-30)18-20-6-4-3-5-7-20/h3-7,19,21-23,25H,8-18H2,1-2H3,(H,28,31). The Hall–Kier alpha value is -1.88. The topological polar surface area (TPSA) is 52.7 Å². The van der Waals surface area contributed by atoms with Gasteiger partial charge in [-0.15, -0.1) is 0 Å². The Bertz CT molecular complexity index is 811. The molecule has 4 bridgehead atoms. The van der Waals surface area contributed by atoms with Crippen LogP contribution in [0.2, 0.25) is 0 Å². The highest BCUT2D eigenvalue weighted by atomic mass is 16.2. The largest absolute Gasteiger partial charge is 0.344 e. The van der Waals surface area contributed by atoms with Crippen LogP contribution in [0, 0.1) is 29.1 Å². The zero-order valence-electron chi connectivity index (χ0n) is 19.8. The van der Waals surface area contributed by atoms with Crippen molar-refractivity contribution < 1.29 is 9.59 Å². The van der Waals surface area contributed by atoms with E-state index in [0.29, 0.717) is 6.42 Å². The second kappa shape index (κ2) is 8.81. The Labute approximate surface area is 192 Å². The molecule has 174 valence electrons. The number of carbonyl (C=O) groups is 2. The first-order valence-electron chi connectivity index (χ1n) is 12.8. The van der Waals surface area contributed by atoms with Crippen LogP contribution < -0.4 is 5.32 Å². The summed E-state index contributed by atoms with van der Waals surface area (Å²) >= 11 is 0. The number of amides is 2. The van der Waals surface area contributed by atoms with E-state index < -0.39 is 6.04 Å². The fourth-order valence-electron chi connectivity index (χ4n) is 7.44. The molecule has 0 radical (unpaired) electrons. The molecule has 1 heterocycles. The maximum atomic E-state index is 13.3. The lowest BCUT2D eigenvalue weighted by Crippen LogP contribution is -2.56. The summed E-state index contributed by atoms with van der Waals surface area (Å²) in [5.74, 6) is 2.90. The minimum Gasteiger partial charge on any atom is -0.344 e. The molecule has 4 aliphatic carbocycles. The Kier molecular flexibility index (Phi) is 6.04. The van der Waals surface area contributed by atoms with Gasteiger partial charge in [0.1, 0.15) is 6.04 Å². The second-order valence-corrected chi connectivity index (χ2v) is 11.5. The minimum atomic E-state index is -0.408. The Morgan fingerprint density at radius 1 is 1.00 bits per heavy atom. The SMILES string of the molecule is CC(C)C(NC(=O)CC12CC3CC(C1)C(C3)C2)C(=O)N1CCN(Cc2ccccc2)CC1. The fourth-order valence-corrected chi connectivity index (χ4v) is 7.44. The van der Waals surface area contributed by atoms with E-state index in [-0.39, 0.29) is 23.1 Å². The van der Waals surface area contributed by atoms with E-state index in [1.165, 1.54) is 37.7 Å². The van der Waals surface area contributed by atoms with Gasteiger partial charge in [0.25, 0.3) is 0 Å². The van der Waals surface area contributed by atoms with Crippen molar-refractivity contribution in [2.24, 2.45) is 29.1 Å². The summed E-state index contributed by atoms with van der Waals surface area (Å²) in [5.41, 5.74) is 1.54. The first-order valence-corrected chi connectivity index (χ1v) is 12.8. The third kappa shape index (κ3) is 4.46. The number of rotatable bonds is 7. The molecule has 3 unspecified atom stereocenters. The van der Waals surface area contributed by atoms with E-state index in [1.54, 1.807) is 0 Å². The summed E-state index contributed by atoms with van der Waals surface area (Å²) in [6.07, 6.45) is 7.14. The summed E-state index contributed by atoms with van der Waals surface area (Å²) in [6.45, 7) is 8.26. The molecule has 3 atom stereocenters. The van der Waals surface area contributed by atoms with Crippen molar-refractivity contribution in [1.82, 2.24) is 15.1 Å². The molecule has 1 saturated heterocycles. The van der Waals surface area contributed by atoms with Gasteiger partial charge in [-0.3, -0.25) is 14.5 Å². The van der Waals surface area contributed by atoms with Gasteiger partial charge in [-0.05, 0) is 66.8 Å². The van der Waals surface area contributed by atoms with Crippen LogP contribution in [-0.4, -0.2) is 53.8 Å². The zero-order valence-corrected chi connectivity index (χ0v) is 19.8. The number of nitrogens with zero attached hydrogens (tertiary/aromatic N) is 2. The summed E-state index contributed by atoms with van der Waals surface area (Å²) in [6, 6.07) is 10.1. The lowest BCUT2D eigenvalue weighted by atomic mass is 9.67. The van der Waals surface area contributed by atoms with Crippen LogP contribution >= 0.6 is 0 Å². The Morgan fingerprint density at radius 2 is 1.66 bits per heavy atom. The summed E-state index contributed by atoms with van der Waals surface area (Å²) in [4.78, 5) is 30.8. The zero-order chi connectivity index (χ0) is 22.3. The predicted molar refractivity (Wildman–Crippen MR) is 126 cm³/mol. The van der Waals surface area contributed by atoms with Crippen LogP contribution in [0.4, 0.5) is 0 Å². The molecule has 0 spiro atoms. The van der Waals surface area contributed by atoms with E-state index >= 15 is 0 Å². The highest BCUT2D eigenvalue weighted by Crippen LogP contribution is 2.65. The molecule has 0 aromatic heterocycles. The van der Waals surface area contributed by atoms with Crippen molar-refractivity contribution in [2.45, 2.75) is 65.0 Å². The van der Waals surface area contributed by atoms with E-state index in [4.69, 9.17) is 0 Å². The molecule has 1 aliphatic heterocycles. The molecule has 4 saturated carbocycles. The molecule has 1 aromatic carbocycles. The molecule has 5 fully saturated rings. The predicted octanol–water partition coefficient (Wildman–Crippen LogP) is 3.69. The number of hydrogen-bond acceptors (Lipinski definition) is 3. The highest BCUT2D eigenvalue weighted by Gasteiger charge is 2.56. The van der Waals surface area contributed by atoms with Crippen molar-refractivity contribution >= 4 is 11.8 Å². The van der Waals surface area contributed by atoms with Crippen molar-refractivity contribution in [3.05, 3.63) is 35.9 Å². The molecular formula is C27H39N3O2. The van der Waals surface area contributed by atoms with Gasteiger partial charge in [-0.25, -0.2) is 0 Å². The first kappa shape index (κ1) is 21.9. The van der Waals surface area contributed by atoms with E-state index in [1.807, 2.05) is 24.8 Å². The number of hydrogen-bond donors (Lipinski definition) is 1. The number of nitrogens with one attached hydrogen (secondary N) is 1. The Morgan fingerprint density at radius 3 is 2.25 bits per heavy atom. The number of piperazine rings is 1. The molecule has 1 N–H and O–H groups in total. The average Bonchev–Trinajstić information content (AvgIpc) is 3.18. The van der Waals surface area contributed by atoms with Gasteiger partial charge < -0.3 is 10.2 Å². The van der Waals surface area contributed by atoms with Crippen LogP contribution in [0.25, 0.3) is 0 Å². The molecule has 6 rings (SSSR count). The minimum absolute atomic E-state index is 0.0981. The first-order chi connectivity index (χ1) is 15.4. The van der Waals surface area contributed by atoms with Crippen LogP contribution in [0.15, 0.2) is 30.3 Å². The van der Waals surface area contributed by atoms with Crippen molar-refractivity contribution in [3.63, 3.8) is 0 Å². The van der Waals surface area contributed by atoms with E-state index in [2.05, 4.69) is 34.5 Å². The van der Waals surface area contributed by atoms with Gasteiger partial charge >= 0.3 is 0 Å². The summed E-state index contributed by atoms with van der Waals surface area (Å²) < 4.78 is 0. The molecule has 2 amide bonds. The van der Waals surface area contributed by atoms with Gasteiger partial charge in [0.15, 0.2) is 0 Å². The lowest BCUT2D eigenvalue weighted by Gasteiger charge is -2.39. The Balaban J connectivity index is 1.14. The van der Waals surface area contributed by atoms with Crippen molar-refractivity contribution in [1.29, 1.82) is 0 Å². The van der Waals surface area contributed by atoms with Crippen LogP contribution in [-0.2, 0) is 16.1 Å². The van der Waals surface area contributed by atoms with Gasteiger partial charge in [0.05, 0.1) is 0 Å². The van der Waals surface area contributed by atoms with Crippen molar-refractivity contribution in [2.75, 3.05) is 26.2 Å². The third-order valence-electron chi connectivity index (χ3n) is 8.77. The molecule has 5 heteroatoms. The third-order valence-corrected chi connectivity index (χ3v) is 8.77. The smallest absolute Gasteiger partial charge is 0.245 e. The molecule has 32 heavy (non-hydrogen) atoms. The molecule has 5 nitrogen and oxygen atoms in total. The second-order valence-electron chi connectivity index (χ2n) is 11.5. The summed E-state index contributed by atoms with van der Waals surface area (Å²) in [5, 5.41) is 3.18. The van der Waals surface area contributed by atoms with Crippen molar-refractivity contribution in [3.8, 4) is 0 Å². The van der Waals surface area contributed by atoms with Gasteiger partial charge in [-0.1, -0.05) is 44.2 Å². The maximum absolute atomic E-state index is 13.3. The highest BCUT2D eigenvalue weighted by molar-refractivity contribution is 5.88. The van der Waals surface area contributed by atoms with Gasteiger partial charge in [0.2, 0.25) is 11.8 Å². The van der Waals surface area contributed by atoms with Gasteiger partial charge in [0, 0.05) is 39.1 Å². The normalized spacial score (nSPS) is 32.5. The molecule has 5 aliphatic rings. The van der Waals surface area contributed by atoms with E-state index in [9.17, 15) is 9.59 Å². The van der Waals surface area contributed by atoms with Gasteiger partial charge in [-0.2, -0.15) is 0 Å². The fraction of sp³-hybridized carbons (Fsp3) is 0.704. The quantitative estimate of drug-likeness (QED) is 0.708. The van der Waals surface area contributed by atoms with Crippen LogP contribution in [0.5, 0.6) is 0 Å². The average molecular weight is 438 g/mol. The number of carbonyl (C=O) groups excluding carboxylic acids is 2. The summed E-state index contributed by atoms with van der Waals surface area (Å²) in [7, 11) is 0. The maximum Gasteiger partial charge on any atom is 0.245 e. The monoisotopic (exact) mass is 437 g/mol. The van der Waals surface area contributed by atoms with Crippen LogP contribution in [0.3, 0.4) is 0 Å².